The molecule has 0 unspecified atom stereocenters. The van der Waals surface area contributed by atoms with Crippen molar-refractivity contribution in [2.45, 2.75) is 12.3 Å². The fraction of sp³-hybridized carbons (Fsp3) is 0.214. The van der Waals surface area contributed by atoms with Gasteiger partial charge in [-0.25, -0.2) is 4.98 Å². The van der Waals surface area contributed by atoms with Crippen LogP contribution in [0.25, 0.3) is 0 Å². The standard InChI is InChI=1S/C14H13ClN4O/c15-13-12(4-2-6-17-13)18-19-14(20)11-7-10(11)9-3-1-5-16-8-9/h1-6,8,10-11,18H,7H2,(H,19,20)/t10-,11-/m1/s1. The molecule has 6 heteroatoms. The summed E-state index contributed by atoms with van der Waals surface area (Å²) < 4.78 is 0. The van der Waals surface area contributed by atoms with Crippen molar-refractivity contribution in [1.82, 2.24) is 15.4 Å². The van der Waals surface area contributed by atoms with E-state index in [9.17, 15) is 4.79 Å². The summed E-state index contributed by atoms with van der Waals surface area (Å²) in [6.07, 6.45) is 5.98. The van der Waals surface area contributed by atoms with Gasteiger partial charge in [-0.1, -0.05) is 17.7 Å². The number of halogens is 1. The number of hydrogen-bond acceptors (Lipinski definition) is 4. The zero-order valence-corrected chi connectivity index (χ0v) is 11.3. The second kappa shape index (κ2) is 5.46. The average Bonchev–Trinajstić information content (AvgIpc) is 3.28. The van der Waals surface area contributed by atoms with Gasteiger partial charge >= 0.3 is 0 Å². The fourth-order valence-electron chi connectivity index (χ4n) is 2.15. The van der Waals surface area contributed by atoms with Gasteiger partial charge < -0.3 is 0 Å². The summed E-state index contributed by atoms with van der Waals surface area (Å²) in [7, 11) is 0. The molecule has 0 radical (unpaired) electrons. The van der Waals surface area contributed by atoms with E-state index in [0.29, 0.717) is 10.8 Å². The van der Waals surface area contributed by atoms with Crippen molar-refractivity contribution in [3.8, 4) is 0 Å². The monoisotopic (exact) mass is 288 g/mol. The first-order valence-electron chi connectivity index (χ1n) is 6.32. The molecular weight excluding hydrogens is 276 g/mol. The van der Waals surface area contributed by atoms with Gasteiger partial charge in [0.2, 0.25) is 5.91 Å². The molecule has 0 aliphatic heterocycles. The molecule has 3 rings (SSSR count). The first kappa shape index (κ1) is 12.9. The van der Waals surface area contributed by atoms with Crippen LogP contribution < -0.4 is 10.9 Å². The van der Waals surface area contributed by atoms with Crippen LogP contribution in [0.5, 0.6) is 0 Å². The number of anilines is 1. The van der Waals surface area contributed by atoms with Crippen LogP contribution >= 0.6 is 11.6 Å². The van der Waals surface area contributed by atoms with E-state index in [1.807, 2.05) is 18.3 Å². The Balaban J connectivity index is 1.56. The molecule has 1 amide bonds. The van der Waals surface area contributed by atoms with Gasteiger partial charge in [0, 0.05) is 24.5 Å². The summed E-state index contributed by atoms with van der Waals surface area (Å²) in [6.45, 7) is 0. The van der Waals surface area contributed by atoms with Crippen molar-refractivity contribution in [1.29, 1.82) is 0 Å². The molecule has 5 nitrogen and oxygen atoms in total. The lowest BCUT2D eigenvalue weighted by Gasteiger charge is -2.09. The second-order valence-corrected chi connectivity index (χ2v) is 5.05. The number of hydrazine groups is 1. The van der Waals surface area contributed by atoms with Crippen LogP contribution in [0.3, 0.4) is 0 Å². The number of hydrogen-bond donors (Lipinski definition) is 2. The average molecular weight is 289 g/mol. The highest BCUT2D eigenvalue weighted by atomic mass is 35.5. The molecule has 0 aromatic carbocycles. The Hall–Kier alpha value is -2.14. The molecule has 102 valence electrons. The third-order valence-electron chi connectivity index (χ3n) is 3.32. The summed E-state index contributed by atoms with van der Waals surface area (Å²) in [4.78, 5) is 20.0. The van der Waals surface area contributed by atoms with E-state index in [2.05, 4.69) is 20.8 Å². The highest BCUT2D eigenvalue weighted by Crippen LogP contribution is 2.47. The molecular formula is C14H13ClN4O. The number of nitrogens with one attached hydrogen (secondary N) is 2. The fourth-order valence-corrected chi connectivity index (χ4v) is 2.32. The van der Waals surface area contributed by atoms with Crippen molar-refractivity contribution >= 4 is 23.2 Å². The number of carbonyl (C=O) groups excluding carboxylic acids is 1. The molecule has 2 heterocycles. The van der Waals surface area contributed by atoms with Crippen LogP contribution in [0.15, 0.2) is 42.9 Å². The molecule has 2 atom stereocenters. The third kappa shape index (κ3) is 2.72. The van der Waals surface area contributed by atoms with E-state index in [4.69, 9.17) is 11.6 Å². The van der Waals surface area contributed by atoms with Crippen molar-refractivity contribution in [2.24, 2.45) is 5.92 Å². The Morgan fingerprint density at radius 3 is 2.90 bits per heavy atom. The van der Waals surface area contributed by atoms with Crippen molar-refractivity contribution < 1.29 is 4.79 Å². The molecule has 2 N–H and O–H groups in total. The first-order valence-corrected chi connectivity index (χ1v) is 6.70. The molecule has 0 spiro atoms. The van der Waals surface area contributed by atoms with E-state index in [1.54, 1.807) is 24.5 Å². The van der Waals surface area contributed by atoms with Crippen LogP contribution in [0, 0.1) is 5.92 Å². The largest absolute Gasteiger partial charge is 0.295 e. The van der Waals surface area contributed by atoms with Gasteiger partial charge in [-0.3, -0.25) is 20.6 Å². The molecule has 1 saturated carbocycles. The smallest absolute Gasteiger partial charge is 0.242 e. The predicted octanol–water partition coefficient (Wildman–Crippen LogP) is 2.38. The maximum absolute atomic E-state index is 12.0. The summed E-state index contributed by atoms with van der Waals surface area (Å²) in [5.41, 5.74) is 7.15. The Morgan fingerprint density at radius 2 is 2.15 bits per heavy atom. The Kier molecular flexibility index (Phi) is 3.52. The Morgan fingerprint density at radius 1 is 1.30 bits per heavy atom. The summed E-state index contributed by atoms with van der Waals surface area (Å²) in [6, 6.07) is 7.38. The minimum Gasteiger partial charge on any atom is -0.295 e. The molecule has 1 aliphatic carbocycles. The van der Waals surface area contributed by atoms with Crippen LogP contribution in [0.4, 0.5) is 5.69 Å². The van der Waals surface area contributed by atoms with E-state index in [1.165, 1.54) is 0 Å². The highest BCUT2D eigenvalue weighted by molar-refractivity contribution is 6.31. The van der Waals surface area contributed by atoms with Gasteiger partial charge in [0.1, 0.15) is 0 Å². The van der Waals surface area contributed by atoms with Crippen LogP contribution in [0.2, 0.25) is 5.15 Å². The third-order valence-corrected chi connectivity index (χ3v) is 3.62. The number of amides is 1. The number of pyridine rings is 2. The molecule has 1 aliphatic rings. The van der Waals surface area contributed by atoms with Gasteiger partial charge in [0.15, 0.2) is 5.15 Å². The van der Waals surface area contributed by atoms with Gasteiger partial charge in [-0.2, -0.15) is 0 Å². The SMILES string of the molecule is O=C(NNc1cccnc1Cl)[C@@H]1C[C@@H]1c1cccnc1. The van der Waals surface area contributed by atoms with Gasteiger partial charge in [0.05, 0.1) is 5.69 Å². The second-order valence-electron chi connectivity index (χ2n) is 4.69. The molecule has 0 saturated heterocycles. The minimum atomic E-state index is -0.0428. The van der Waals surface area contributed by atoms with E-state index >= 15 is 0 Å². The lowest BCUT2D eigenvalue weighted by atomic mass is 10.1. The topological polar surface area (TPSA) is 66.9 Å². The summed E-state index contributed by atoms with van der Waals surface area (Å²) in [5.74, 6) is 0.204. The van der Waals surface area contributed by atoms with E-state index < -0.39 is 0 Å². The highest BCUT2D eigenvalue weighted by Gasteiger charge is 2.44. The molecule has 2 aromatic rings. The summed E-state index contributed by atoms with van der Waals surface area (Å²) >= 11 is 5.89. The molecule has 20 heavy (non-hydrogen) atoms. The maximum atomic E-state index is 12.0. The molecule has 2 aromatic heterocycles. The summed E-state index contributed by atoms with van der Waals surface area (Å²) in [5, 5.41) is 0.326. The molecule has 0 bridgehead atoms. The molecule has 1 fully saturated rings. The van der Waals surface area contributed by atoms with Gasteiger partial charge in [-0.15, -0.1) is 0 Å². The quantitative estimate of drug-likeness (QED) is 0.669. The van der Waals surface area contributed by atoms with Gasteiger partial charge in [0.25, 0.3) is 0 Å². The number of nitrogens with zero attached hydrogens (tertiary/aromatic N) is 2. The van der Waals surface area contributed by atoms with Crippen molar-refractivity contribution in [3.05, 3.63) is 53.6 Å². The Bertz CT molecular complexity index is 620. The Labute approximate surface area is 121 Å². The first-order chi connectivity index (χ1) is 9.75. The van der Waals surface area contributed by atoms with E-state index in [0.717, 1.165) is 12.0 Å². The number of aromatic nitrogens is 2. The van der Waals surface area contributed by atoms with Crippen molar-refractivity contribution in [2.75, 3.05) is 5.43 Å². The van der Waals surface area contributed by atoms with E-state index in [-0.39, 0.29) is 17.7 Å². The predicted molar refractivity (Wildman–Crippen MR) is 76.1 cm³/mol. The van der Waals surface area contributed by atoms with Crippen LogP contribution in [-0.2, 0) is 4.79 Å². The van der Waals surface area contributed by atoms with Gasteiger partial charge in [-0.05, 0) is 36.1 Å². The lowest BCUT2D eigenvalue weighted by Crippen LogP contribution is -2.31. The minimum absolute atomic E-state index is 0.0119. The lowest BCUT2D eigenvalue weighted by molar-refractivity contribution is -0.121. The van der Waals surface area contributed by atoms with Crippen LogP contribution in [-0.4, -0.2) is 15.9 Å². The maximum Gasteiger partial charge on any atom is 0.242 e. The van der Waals surface area contributed by atoms with Crippen molar-refractivity contribution in [3.63, 3.8) is 0 Å². The normalized spacial score (nSPS) is 20.2. The zero-order valence-electron chi connectivity index (χ0n) is 10.6. The zero-order chi connectivity index (χ0) is 13.9. The number of carbonyl (C=O) groups is 1. The van der Waals surface area contributed by atoms with Crippen LogP contribution in [0.1, 0.15) is 17.9 Å². The number of rotatable bonds is 4.